The fourth-order valence-corrected chi connectivity index (χ4v) is 3.09. The second kappa shape index (κ2) is 8.99. The molecule has 154 valence electrons. The van der Waals surface area contributed by atoms with E-state index in [0.29, 0.717) is 12.1 Å². The number of carbonyl (C=O) groups excluding carboxylic acids is 1. The Bertz CT molecular complexity index is 1090. The Balaban J connectivity index is 1.94. The lowest BCUT2D eigenvalue weighted by Crippen LogP contribution is -2.31. The zero-order valence-electron chi connectivity index (χ0n) is 16.9. The topological polar surface area (TPSA) is 113 Å². The minimum atomic E-state index is -0.559. The Morgan fingerprint density at radius 3 is 2.57 bits per heavy atom. The summed E-state index contributed by atoms with van der Waals surface area (Å²) in [5.74, 6) is -0.387. The first-order chi connectivity index (χ1) is 14.4. The van der Waals surface area contributed by atoms with Crippen LogP contribution in [-0.4, -0.2) is 27.3 Å². The number of nitro groups is 1. The van der Waals surface area contributed by atoms with Gasteiger partial charge in [0, 0.05) is 17.8 Å². The van der Waals surface area contributed by atoms with Gasteiger partial charge in [0.15, 0.2) is 0 Å². The quantitative estimate of drug-likeness (QED) is 0.452. The molecule has 9 nitrogen and oxygen atoms in total. The largest absolute Gasteiger partial charge is 0.355 e. The average Bonchev–Trinajstić information content (AvgIpc) is 2.73. The molecule has 0 aliphatic rings. The Morgan fingerprint density at radius 2 is 1.90 bits per heavy atom. The first-order valence-corrected chi connectivity index (χ1v) is 9.38. The zero-order chi connectivity index (χ0) is 21.7. The Hall–Kier alpha value is -4.01. The lowest BCUT2D eigenvalue weighted by Gasteiger charge is -2.22. The van der Waals surface area contributed by atoms with Gasteiger partial charge in [-0.15, -0.1) is 0 Å². The molecule has 2 aromatic carbocycles. The van der Waals surface area contributed by atoms with Crippen LogP contribution >= 0.6 is 0 Å². The van der Waals surface area contributed by atoms with Crippen molar-refractivity contribution in [2.75, 3.05) is 16.9 Å². The summed E-state index contributed by atoms with van der Waals surface area (Å²) in [6, 6.07) is 14.6. The van der Waals surface area contributed by atoms with Crippen LogP contribution in [-0.2, 0) is 0 Å². The van der Waals surface area contributed by atoms with E-state index in [1.165, 1.54) is 6.33 Å². The molecule has 0 radical (unpaired) electrons. The van der Waals surface area contributed by atoms with E-state index in [0.717, 1.165) is 16.8 Å². The van der Waals surface area contributed by atoms with E-state index in [2.05, 4.69) is 20.8 Å². The molecule has 0 bridgehead atoms. The van der Waals surface area contributed by atoms with E-state index in [9.17, 15) is 14.9 Å². The molecule has 1 heterocycles. The highest BCUT2D eigenvalue weighted by molar-refractivity contribution is 5.96. The standard InChI is InChI=1S/C21H22N6O3/c1-4-26(16-10-7-8-14(2)12-16)20-18(27(29)30)19(22-13-23-20)24-25-21(28)17-11-6-5-9-15(17)3/h5-13H,4H2,1-3H3,(H,25,28)(H,22,23,24). The summed E-state index contributed by atoms with van der Waals surface area (Å²) in [4.78, 5) is 33.6. The molecule has 1 amide bonds. The van der Waals surface area contributed by atoms with Crippen LogP contribution in [0, 0.1) is 24.0 Å². The van der Waals surface area contributed by atoms with Crippen molar-refractivity contribution in [3.05, 3.63) is 81.7 Å². The first kappa shape index (κ1) is 20.7. The van der Waals surface area contributed by atoms with Crippen molar-refractivity contribution in [3.63, 3.8) is 0 Å². The number of hydrazine groups is 1. The van der Waals surface area contributed by atoms with Crippen molar-refractivity contribution in [1.29, 1.82) is 0 Å². The number of nitrogens with zero attached hydrogens (tertiary/aromatic N) is 4. The Morgan fingerprint density at radius 1 is 1.13 bits per heavy atom. The van der Waals surface area contributed by atoms with Crippen molar-refractivity contribution in [3.8, 4) is 0 Å². The van der Waals surface area contributed by atoms with Gasteiger partial charge in [0.2, 0.25) is 11.6 Å². The summed E-state index contributed by atoms with van der Waals surface area (Å²) < 4.78 is 0. The van der Waals surface area contributed by atoms with Gasteiger partial charge in [0.25, 0.3) is 5.91 Å². The molecule has 0 atom stereocenters. The van der Waals surface area contributed by atoms with E-state index in [4.69, 9.17) is 0 Å². The minimum absolute atomic E-state index is 0.0990. The van der Waals surface area contributed by atoms with E-state index < -0.39 is 10.8 Å². The predicted molar refractivity (Wildman–Crippen MR) is 115 cm³/mol. The highest BCUT2D eigenvalue weighted by Crippen LogP contribution is 2.35. The van der Waals surface area contributed by atoms with Crippen LogP contribution < -0.4 is 15.8 Å². The average molecular weight is 406 g/mol. The third kappa shape index (κ3) is 4.35. The lowest BCUT2D eigenvalue weighted by molar-refractivity contribution is -0.383. The van der Waals surface area contributed by atoms with Crippen LogP contribution in [0.4, 0.5) is 23.0 Å². The minimum Gasteiger partial charge on any atom is -0.321 e. The Labute approximate surface area is 173 Å². The number of amides is 1. The third-order valence-electron chi connectivity index (χ3n) is 4.55. The summed E-state index contributed by atoms with van der Waals surface area (Å²) in [6.07, 6.45) is 1.23. The van der Waals surface area contributed by atoms with Gasteiger partial charge in [0.1, 0.15) is 6.33 Å². The molecule has 9 heteroatoms. The van der Waals surface area contributed by atoms with Crippen LogP contribution in [0.5, 0.6) is 0 Å². The van der Waals surface area contributed by atoms with Crippen LogP contribution in [0.3, 0.4) is 0 Å². The van der Waals surface area contributed by atoms with Crippen LogP contribution in [0.15, 0.2) is 54.9 Å². The van der Waals surface area contributed by atoms with Crippen LogP contribution in [0.1, 0.15) is 28.4 Å². The van der Waals surface area contributed by atoms with E-state index in [1.54, 1.807) is 30.0 Å². The summed E-state index contributed by atoms with van der Waals surface area (Å²) in [7, 11) is 0. The summed E-state index contributed by atoms with van der Waals surface area (Å²) in [5, 5.41) is 11.9. The second-order valence-electron chi connectivity index (χ2n) is 6.63. The first-order valence-electron chi connectivity index (χ1n) is 9.38. The van der Waals surface area contributed by atoms with Gasteiger partial charge in [0.05, 0.1) is 4.92 Å². The molecule has 30 heavy (non-hydrogen) atoms. The molecule has 3 rings (SSSR count). The molecule has 0 aliphatic heterocycles. The summed E-state index contributed by atoms with van der Waals surface area (Å²) in [5.41, 5.74) is 7.77. The molecular weight excluding hydrogens is 384 g/mol. The maximum atomic E-state index is 12.5. The fraction of sp³-hybridized carbons (Fsp3) is 0.190. The summed E-state index contributed by atoms with van der Waals surface area (Å²) >= 11 is 0. The number of hydrogen-bond donors (Lipinski definition) is 2. The second-order valence-corrected chi connectivity index (χ2v) is 6.63. The number of carbonyl (C=O) groups is 1. The van der Waals surface area contributed by atoms with Crippen LogP contribution in [0.25, 0.3) is 0 Å². The van der Waals surface area contributed by atoms with Crippen molar-refractivity contribution < 1.29 is 9.72 Å². The fourth-order valence-electron chi connectivity index (χ4n) is 3.09. The maximum absolute atomic E-state index is 12.5. The number of hydrogen-bond acceptors (Lipinski definition) is 7. The molecule has 0 saturated heterocycles. The highest BCUT2D eigenvalue weighted by Gasteiger charge is 2.27. The van der Waals surface area contributed by atoms with Gasteiger partial charge < -0.3 is 4.90 Å². The van der Waals surface area contributed by atoms with Crippen molar-refractivity contribution in [2.45, 2.75) is 20.8 Å². The van der Waals surface area contributed by atoms with Crippen molar-refractivity contribution in [2.24, 2.45) is 0 Å². The van der Waals surface area contributed by atoms with E-state index in [1.807, 2.05) is 44.2 Å². The number of aromatic nitrogens is 2. The maximum Gasteiger partial charge on any atom is 0.355 e. The zero-order valence-corrected chi connectivity index (χ0v) is 16.9. The van der Waals surface area contributed by atoms with Crippen molar-refractivity contribution in [1.82, 2.24) is 15.4 Å². The molecular formula is C21H22N6O3. The van der Waals surface area contributed by atoms with E-state index >= 15 is 0 Å². The SMILES string of the molecule is CCN(c1cccc(C)c1)c1ncnc(NNC(=O)c2ccccc2C)c1[N+](=O)[O-]. The van der Waals surface area contributed by atoms with Crippen molar-refractivity contribution >= 4 is 28.9 Å². The van der Waals surface area contributed by atoms with Crippen LogP contribution in [0.2, 0.25) is 0 Å². The lowest BCUT2D eigenvalue weighted by atomic mass is 10.1. The normalized spacial score (nSPS) is 10.4. The third-order valence-corrected chi connectivity index (χ3v) is 4.55. The molecule has 0 unspecified atom stereocenters. The smallest absolute Gasteiger partial charge is 0.321 e. The number of anilines is 3. The van der Waals surface area contributed by atoms with Gasteiger partial charge in [-0.2, -0.15) is 0 Å². The molecule has 0 aliphatic carbocycles. The van der Waals surface area contributed by atoms with Gasteiger partial charge in [-0.05, 0) is 50.1 Å². The molecule has 1 aromatic heterocycles. The summed E-state index contributed by atoms with van der Waals surface area (Å²) in [6.45, 7) is 6.08. The molecule has 0 spiro atoms. The number of nitrogens with one attached hydrogen (secondary N) is 2. The number of rotatable bonds is 7. The number of benzene rings is 2. The molecule has 0 saturated carbocycles. The monoisotopic (exact) mass is 406 g/mol. The van der Waals surface area contributed by atoms with Gasteiger partial charge in [-0.25, -0.2) is 9.97 Å². The van der Waals surface area contributed by atoms with E-state index in [-0.39, 0.29) is 17.3 Å². The Kier molecular flexibility index (Phi) is 6.21. The highest BCUT2D eigenvalue weighted by atomic mass is 16.6. The number of aryl methyl sites for hydroxylation is 2. The predicted octanol–water partition coefficient (Wildman–Crippen LogP) is 3.92. The molecule has 2 N–H and O–H groups in total. The molecule has 3 aromatic rings. The van der Waals surface area contributed by atoms with Gasteiger partial charge in [-0.3, -0.25) is 25.8 Å². The van der Waals surface area contributed by atoms with Gasteiger partial charge >= 0.3 is 5.69 Å². The van der Waals surface area contributed by atoms with Gasteiger partial charge in [-0.1, -0.05) is 30.3 Å². The molecule has 0 fully saturated rings.